The summed E-state index contributed by atoms with van der Waals surface area (Å²) in [4.78, 5) is 0. The van der Waals surface area contributed by atoms with E-state index in [0.717, 1.165) is 44.0 Å². The van der Waals surface area contributed by atoms with Gasteiger partial charge in [-0.2, -0.15) is 0 Å². The van der Waals surface area contributed by atoms with Crippen LogP contribution in [-0.4, -0.2) is 24.4 Å². The molecule has 2 N–H and O–H groups in total. The SMILES string of the molecule is COCc1ccc2cc(OC)ccc2c1-c1c(O)ccc2cc(O)ccc12. The third-order valence-electron chi connectivity index (χ3n) is 4.84. The number of ether oxygens (including phenoxy) is 2. The summed E-state index contributed by atoms with van der Waals surface area (Å²) < 4.78 is 10.8. The Hall–Kier alpha value is -3.24. The minimum Gasteiger partial charge on any atom is -0.508 e. The molecular formula is C23H20O4. The summed E-state index contributed by atoms with van der Waals surface area (Å²) in [6, 6.07) is 18.6. The highest BCUT2D eigenvalue weighted by Crippen LogP contribution is 2.43. The van der Waals surface area contributed by atoms with Gasteiger partial charge in [-0.15, -0.1) is 0 Å². The summed E-state index contributed by atoms with van der Waals surface area (Å²) in [5.74, 6) is 1.16. The third kappa shape index (κ3) is 2.94. The molecule has 0 atom stereocenters. The molecule has 0 spiro atoms. The van der Waals surface area contributed by atoms with Gasteiger partial charge in [0, 0.05) is 12.7 Å². The van der Waals surface area contributed by atoms with Gasteiger partial charge in [0.1, 0.15) is 17.2 Å². The molecule has 0 unspecified atom stereocenters. The van der Waals surface area contributed by atoms with E-state index in [2.05, 4.69) is 0 Å². The van der Waals surface area contributed by atoms with Crippen LogP contribution in [0.3, 0.4) is 0 Å². The summed E-state index contributed by atoms with van der Waals surface area (Å²) in [5, 5.41) is 24.3. The van der Waals surface area contributed by atoms with Gasteiger partial charge in [-0.3, -0.25) is 0 Å². The first kappa shape index (κ1) is 17.2. The molecule has 27 heavy (non-hydrogen) atoms. The van der Waals surface area contributed by atoms with E-state index in [1.807, 2.05) is 36.4 Å². The van der Waals surface area contributed by atoms with Gasteiger partial charge in [0.25, 0.3) is 0 Å². The highest BCUT2D eigenvalue weighted by molar-refractivity contribution is 6.09. The van der Waals surface area contributed by atoms with Gasteiger partial charge in [-0.25, -0.2) is 0 Å². The van der Waals surface area contributed by atoms with Crippen LogP contribution >= 0.6 is 0 Å². The molecule has 0 amide bonds. The van der Waals surface area contributed by atoms with Crippen LogP contribution in [0.2, 0.25) is 0 Å². The fourth-order valence-electron chi connectivity index (χ4n) is 3.62. The van der Waals surface area contributed by atoms with Crippen LogP contribution in [0.15, 0.2) is 60.7 Å². The number of hydrogen-bond donors (Lipinski definition) is 2. The maximum atomic E-state index is 10.8. The van der Waals surface area contributed by atoms with Gasteiger partial charge < -0.3 is 19.7 Å². The Morgan fingerprint density at radius 1 is 0.741 bits per heavy atom. The van der Waals surface area contributed by atoms with Gasteiger partial charge in [0.15, 0.2) is 0 Å². The second kappa shape index (κ2) is 6.82. The normalized spacial score (nSPS) is 11.2. The topological polar surface area (TPSA) is 58.9 Å². The smallest absolute Gasteiger partial charge is 0.124 e. The lowest BCUT2D eigenvalue weighted by atomic mass is 9.89. The lowest BCUT2D eigenvalue weighted by Gasteiger charge is -2.17. The van der Waals surface area contributed by atoms with E-state index < -0.39 is 0 Å². The molecule has 4 heteroatoms. The summed E-state index contributed by atoms with van der Waals surface area (Å²) in [5.41, 5.74) is 2.63. The molecule has 4 rings (SSSR count). The number of phenols is 2. The minimum atomic E-state index is 0.189. The largest absolute Gasteiger partial charge is 0.508 e. The number of rotatable bonds is 4. The summed E-state index contributed by atoms with van der Waals surface area (Å²) >= 11 is 0. The van der Waals surface area contributed by atoms with Crippen molar-refractivity contribution in [3.05, 3.63) is 66.2 Å². The molecule has 0 radical (unpaired) electrons. The Morgan fingerprint density at radius 3 is 2.22 bits per heavy atom. The number of methoxy groups -OCH3 is 2. The molecule has 4 aromatic rings. The average molecular weight is 360 g/mol. The molecule has 0 bridgehead atoms. The maximum Gasteiger partial charge on any atom is 0.124 e. The van der Waals surface area contributed by atoms with Crippen LogP contribution in [-0.2, 0) is 11.3 Å². The number of phenolic OH excluding ortho intramolecular Hbond substituents is 2. The van der Waals surface area contributed by atoms with Gasteiger partial charge in [0.2, 0.25) is 0 Å². The van der Waals surface area contributed by atoms with Crippen LogP contribution in [0.25, 0.3) is 32.7 Å². The van der Waals surface area contributed by atoms with Crippen molar-refractivity contribution in [1.29, 1.82) is 0 Å². The van der Waals surface area contributed by atoms with Crippen molar-refractivity contribution >= 4 is 21.5 Å². The molecule has 4 aromatic carbocycles. The average Bonchev–Trinajstić information content (AvgIpc) is 2.68. The van der Waals surface area contributed by atoms with Crippen LogP contribution in [0.4, 0.5) is 0 Å². The van der Waals surface area contributed by atoms with Crippen molar-refractivity contribution in [3.63, 3.8) is 0 Å². The molecule has 0 heterocycles. The first-order valence-electron chi connectivity index (χ1n) is 8.66. The predicted molar refractivity (Wildman–Crippen MR) is 107 cm³/mol. The Bertz CT molecular complexity index is 1150. The van der Waals surface area contributed by atoms with Crippen LogP contribution in [0.5, 0.6) is 17.2 Å². The molecule has 136 valence electrons. The Kier molecular flexibility index (Phi) is 4.34. The second-order valence-corrected chi connectivity index (χ2v) is 6.48. The number of aromatic hydroxyl groups is 2. The monoisotopic (exact) mass is 360 g/mol. The zero-order valence-electron chi connectivity index (χ0n) is 15.2. The maximum absolute atomic E-state index is 10.8. The molecule has 0 aliphatic carbocycles. The van der Waals surface area contributed by atoms with Gasteiger partial charge in [0.05, 0.1) is 13.7 Å². The first-order valence-corrected chi connectivity index (χ1v) is 8.66. The van der Waals surface area contributed by atoms with E-state index in [-0.39, 0.29) is 11.5 Å². The minimum absolute atomic E-state index is 0.189. The molecule has 0 aromatic heterocycles. The van der Waals surface area contributed by atoms with Crippen LogP contribution in [0.1, 0.15) is 5.56 Å². The highest BCUT2D eigenvalue weighted by Gasteiger charge is 2.17. The lowest BCUT2D eigenvalue weighted by molar-refractivity contribution is 0.185. The van der Waals surface area contributed by atoms with Gasteiger partial charge >= 0.3 is 0 Å². The van der Waals surface area contributed by atoms with Crippen molar-refractivity contribution in [1.82, 2.24) is 0 Å². The van der Waals surface area contributed by atoms with E-state index in [1.165, 1.54) is 0 Å². The first-order chi connectivity index (χ1) is 13.1. The van der Waals surface area contributed by atoms with E-state index in [9.17, 15) is 10.2 Å². The zero-order chi connectivity index (χ0) is 19.0. The summed E-state index contributed by atoms with van der Waals surface area (Å²) in [6.45, 7) is 0.422. The zero-order valence-corrected chi connectivity index (χ0v) is 15.2. The van der Waals surface area contributed by atoms with Gasteiger partial charge in [-0.1, -0.05) is 24.3 Å². The standard InChI is InChI=1S/C23H20O4/c1-26-13-16-4-3-15-12-18(27-2)7-9-19(15)22(16)23-20-8-6-17(24)11-14(20)5-10-21(23)25/h3-12,24-25H,13H2,1-2H3. The third-order valence-corrected chi connectivity index (χ3v) is 4.84. The van der Waals surface area contributed by atoms with Crippen molar-refractivity contribution < 1.29 is 19.7 Å². The van der Waals surface area contributed by atoms with Crippen molar-refractivity contribution in [2.24, 2.45) is 0 Å². The number of fused-ring (bicyclic) bond motifs is 2. The summed E-state index contributed by atoms with van der Waals surface area (Å²) in [6.07, 6.45) is 0. The Balaban J connectivity index is 2.12. The molecule has 0 fully saturated rings. The number of benzene rings is 4. The van der Waals surface area contributed by atoms with Crippen molar-refractivity contribution in [2.45, 2.75) is 6.61 Å². The molecule has 0 saturated carbocycles. The Morgan fingerprint density at radius 2 is 1.44 bits per heavy atom. The fraction of sp³-hybridized carbons (Fsp3) is 0.130. The van der Waals surface area contributed by atoms with E-state index in [1.54, 1.807) is 38.5 Å². The fourth-order valence-corrected chi connectivity index (χ4v) is 3.62. The lowest BCUT2D eigenvalue weighted by Crippen LogP contribution is -1.95. The van der Waals surface area contributed by atoms with E-state index in [0.29, 0.717) is 6.61 Å². The molecule has 4 nitrogen and oxygen atoms in total. The molecule has 0 aliphatic heterocycles. The molecule has 0 aliphatic rings. The van der Waals surface area contributed by atoms with E-state index >= 15 is 0 Å². The second-order valence-electron chi connectivity index (χ2n) is 6.48. The van der Waals surface area contributed by atoms with Crippen molar-refractivity contribution in [2.75, 3.05) is 14.2 Å². The van der Waals surface area contributed by atoms with Crippen molar-refractivity contribution in [3.8, 4) is 28.4 Å². The molecular weight excluding hydrogens is 340 g/mol. The summed E-state index contributed by atoms with van der Waals surface area (Å²) in [7, 11) is 3.30. The molecule has 0 saturated heterocycles. The number of hydrogen-bond acceptors (Lipinski definition) is 4. The van der Waals surface area contributed by atoms with Gasteiger partial charge in [-0.05, 0) is 69.1 Å². The van der Waals surface area contributed by atoms with E-state index in [4.69, 9.17) is 9.47 Å². The van der Waals surface area contributed by atoms with Crippen LogP contribution < -0.4 is 4.74 Å². The quantitative estimate of drug-likeness (QED) is 0.523. The predicted octanol–water partition coefficient (Wildman–Crippen LogP) is 5.23. The van der Waals surface area contributed by atoms with Crippen LogP contribution in [0, 0.1) is 0 Å². The highest BCUT2D eigenvalue weighted by atomic mass is 16.5. The Labute approximate surface area is 157 Å².